The van der Waals surface area contributed by atoms with Crippen LogP contribution >= 0.6 is 11.3 Å². The van der Waals surface area contributed by atoms with Crippen molar-refractivity contribution in [3.63, 3.8) is 0 Å². The Balaban J connectivity index is 2.15. The van der Waals surface area contributed by atoms with Crippen molar-refractivity contribution in [1.82, 2.24) is 14.9 Å². The summed E-state index contributed by atoms with van der Waals surface area (Å²) in [7, 11) is 0. The highest BCUT2D eigenvalue weighted by Crippen LogP contribution is 2.45. The van der Waals surface area contributed by atoms with Gasteiger partial charge in [0, 0.05) is 23.3 Å². The molecule has 6 nitrogen and oxygen atoms in total. The van der Waals surface area contributed by atoms with Crippen LogP contribution in [0.5, 0.6) is 5.75 Å². The summed E-state index contributed by atoms with van der Waals surface area (Å²) in [6, 6.07) is 0. The Morgan fingerprint density at radius 2 is 2.40 bits per heavy atom. The van der Waals surface area contributed by atoms with Gasteiger partial charge in [0.15, 0.2) is 0 Å². The Hall–Kier alpha value is -2.28. The maximum absolute atomic E-state index is 12.2. The molecule has 0 unspecified atom stereocenters. The number of H-pyrrole nitrogens is 1. The van der Waals surface area contributed by atoms with E-state index >= 15 is 0 Å². The van der Waals surface area contributed by atoms with Crippen molar-refractivity contribution in [3.05, 3.63) is 34.5 Å². The molecule has 0 bridgehead atoms. The molecule has 0 spiro atoms. The van der Waals surface area contributed by atoms with E-state index in [0.717, 1.165) is 40.0 Å². The Morgan fingerprint density at radius 3 is 3.20 bits per heavy atom. The van der Waals surface area contributed by atoms with Crippen LogP contribution in [-0.2, 0) is 6.42 Å². The summed E-state index contributed by atoms with van der Waals surface area (Å²) < 4.78 is 7.71. The van der Waals surface area contributed by atoms with Crippen LogP contribution in [0.3, 0.4) is 0 Å². The van der Waals surface area contributed by atoms with Crippen LogP contribution in [-0.4, -0.2) is 21.5 Å². The summed E-state index contributed by atoms with van der Waals surface area (Å²) in [6.45, 7) is 0.643. The van der Waals surface area contributed by atoms with Crippen molar-refractivity contribution < 1.29 is 4.74 Å². The summed E-state index contributed by atoms with van der Waals surface area (Å²) in [6.07, 6.45) is 7.03. The van der Waals surface area contributed by atoms with Crippen LogP contribution in [0, 0.1) is 0 Å². The zero-order valence-electron chi connectivity index (χ0n) is 10.5. The van der Waals surface area contributed by atoms with Crippen molar-refractivity contribution in [2.45, 2.75) is 12.8 Å². The lowest BCUT2D eigenvalue weighted by Crippen LogP contribution is -2.26. The third kappa shape index (κ3) is 1.50. The summed E-state index contributed by atoms with van der Waals surface area (Å²) in [5.41, 5.74) is 1.81. The Morgan fingerprint density at radius 1 is 1.50 bits per heavy atom. The Labute approximate surface area is 117 Å². The van der Waals surface area contributed by atoms with Crippen molar-refractivity contribution in [1.29, 1.82) is 0 Å². The van der Waals surface area contributed by atoms with E-state index in [1.807, 2.05) is 0 Å². The number of nitrogens with two attached hydrogens (primary N) is 1. The van der Waals surface area contributed by atoms with Gasteiger partial charge in [0.2, 0.25) is 0 Å². The smallest absolute Gasteiger partial charge is 0.286 e. The van der Waals surface area contributed by atoms with Crippen LogP contribution in [0.2, 0.25) is 0 Å². The van der Waals surface area contributed by atoms with Crippen molar-refractivity contribution in [3.8, 4) is 16.2 Å². The zero-order valence-corrected chi connectivity index (χ0v) is 11.4. The third-order valence-corrected chi connectivity index (χ3v) is 4.71. The Bertz CT molecular complexity index is 847. The lowest BCUT2D eigenvalue weighted by Gasteiger charge is -2.04. The second kappa shape index (κ2) is 4.11. The molecule has 4 rings (SSSR count). The zero-order chi connectivity index (χ0) is 13.7. The number of ether oxygens (including phenoxy) is 1. The van der Waals surface area contributed by atoms with Crippen molar-refractivity contribution in [2.75, 3.05) is 12.4 Å². The molecule has 0 saturated carbocycles. The monoisotopic (exact) mass is 288 g/mol. The van der Waals surface area contributed by atoms with Crippen molar-refractivity contribution in [2.24, 2.45) is 0 Å². The first-order chi connectivity index (χ1) is 9.75. The molecule has 0 fully saturated rings. The fourth-order valence-electron chi connectivity index (χ4n) is 2.60. The molecule has 1 aliphatic heterocycles. The average molecular weight is 288 g/mol. The molecule has 0 aromatic carbocycles. The summed E-state index contributed by atoms with van der Waals surface area (Å²) in [5.74, 6) is 6.56. The number of rotatable bonds is 1. The standard InChI is InChI=1S/C13H12N4O2S/c14-17-6-7-2-1-3-19-10-9(7)12(13(17)18)20-11(10)8-4-15-16-5-8/h4-6H,1-3,14H2,(H,15,16). The van der Waals surface area contributed by atoms with Crippen LogP contribution < -0.4 is 16.1 Å². The van der Waals surface area contributed by atoms with Gasteiger partial charge in [-0.15, -0.1) is 11.3 Å². The molecule has 3 aromatic rings. The number of aromatic nitrogens is 3. The minimum Gasteiger partial charge on any atom is -0.491 e. The first kappa shape index (κ1) is 11.5. The topological polar surface area (TPSA) is 85.9 Å². The number of nitrogens with zero attached hydrogens (tertiary/aromatic N) is 2. The van der Waals surface area contributed by atoms with Gasteiger partial charge in [0.25, 0.3) is 5.56 Å². The van der Waals surface area contributed by atoms with E-state index in [-0.39, 0.29) is 5.56 Å². The predicted octanol–water partition coefficient (Wildman–Crippen LogP) is 1.49. The van der Waals surface area contributed by atoms with Crippen LogP contribution in [0.4, 0.5) is 0 Å². The quantitative estimate of drug-likeness (QED) is 0.664. The lowest BCUT2D eigenvalue weighted by atomic mass is 10.1. The van der Waals surface area contributed by atoms with E-state index in [1.54, 1.807) is 18.6 Å². The van der Waals surface area contributed by atoms with Gasteiger partial charge in [-0.1, -0.05) is 0 Å². The van der Waals surface area contributed by atoms with Gasteiger partial charge in [-0.3, -0.25) is 9.89 Å². The van der Waals surface area contributed by atoms with Gasteiger partial charge in [-0.2, -0.15) is 5.10 Å². The number of thiophene rings is 1. The fourth-order valence-corrected chi connectivity index (χ4v) is 3.80. The minimum atomic E-state index is -0.185. The SMILES string of the molecule is Nn1cc2c3c(c(-c4cn[nH]c4)sc3c1=O)OCCC2. The molecule has 3 N–H and O–H groups in total. The first-order valence-electron chi connectivity index (χ1n) is 6.34. The first-order valence-corrected chi connectivity index (χ1v) is 7.15. The van der Waals surface area contributed by atoms with E-state index in [0.29, 0.717) is 11.3 Å². The molecule has 3 aromatic heterocycles. The average Bonchev–Trinajstić information content (AvgIpc) is 3.03. The van der Waals surface area contributed by atoms with E-state index in [9.17, 15) is 4.79 Å². The summed E-state index contributed by atoms with van der Waals surface area (Å²) in [4.78, 5) is 13.2. The van der Waals surface area contributed by atoms with Gasteiger partial charge >= 0.3 is 0 Å². The maximum Gasteiger partial charge on any atom is 0.286 e. The fraction of sp³-hybridized carbons (Fsp3) is 0.231. The number of hydrogen-bond acceptors (Lipinski definition) is 5. The number of nitrogen functional groups attached to an aromatic ring is 1. The molecular formula is C13H12N4O2S. The van der Waals surface area contributed by atoms with E-state index in [1.165, 1.54) is 16.0 Å². The van der Waals surface area contributed by atoms with Crippen LogP contribution in [0.25, 0.3) is 20.5 Å². The largest absolute Gasteiger partial charge is 0.491 e. The molecule has 0 saturated heterocycles. The van der Waals surface area contributed by atoms with Gasteiger partial charge in [0.1, 0.15) is 10.4 Å². The van der Waals surface area contributed by atoms with Gasteiger partial charge in [-0.05, 0) is 18.4 Å². The molecule has 0 radical (unpaired) electrons. The van der Waals surface area contributed by atoms with Crippen molar-refractivity contribution >= 4 is 21.4 Å². The second-order valence-corrected chi connectivity index (χ2v) is 5.79. The van der Waals surface area contributed by atoms with E-state index < -0.39 is 0 Å². The molecule has 0 atom stereocenters. The number of hydrogen-bond donors (Lipinski definition) is 2. The molecular weight excluding hydrogens is 276 g/mol. The number of pyridine rings is 1. The summed E-state index contributed by atoms with van der Waals surface area (Å²) >= 11 is 1.41. The van der Waals surface area contributed by atoms with Gasteiger partial charge in [0.05, 0.1) is 17.7 Å². The lowest BCUT2D eigenvalue weighted by molar-refractivity contribution is 0.321. The van der Waals surface area contributed by atoms with Crippen LogP contribution in [0.1, 0.15) is 12.0 Å². The normalized spacial score (nSPS) is 14.2. The predicted molar refractivity (Wildman–Crippen MR) is 77.6 cm³/mol. The molecule has 0 aliphatic carbocycles. The molecule has 1 aliphatic rings. The Kier molecular flexibility index (Phi) is 2.37. The third-order valence-electron chi connectivity index (χ3n) is 3.51. The minimum absolute atomic E-state index is 0.185. The molecule has 102 valence electrons. The molecule has 4 heterocycles. The molecule has 7 heteroatoms. The van der Waals surface area contributed by atoms with E-state index in [4.69, 9.17) is 10.6 Å². The number of aromatic amines is 1. The molecule has 0 amide bonds. The highest BCUT2D eigenvalue weighted by molar-refractivity contribution is 7.22. The summed E-state index contributed by atoms with van der Waals surface area (Å²) in [5, 5.41) is 7.67. The number of nitrogens with one attached hydrogen (secondary N) is 1. The maximum atomic E-state index is 12.2. The van der Waals surface area contributed by atoms with Gasteiger partial charge < -0.3 is 10.6 Å². The van der Waals surface area contributed by atoms with Crippen LogP contribution in [0.15, 0.2) is 23.4 Å². The number of aryl methyl sites for hydroxylation is 1. The highest BCUT2D eigenvalue weighted by Gasteiger charge is 2.23. The second-order valence-electron chi connectivity index (χ2n) is 4.77. The highest BCUT2D eigenvalue weighted by atomic mass is 32.1. The van der Waals surface area contributed by atoms with E-state index in [2.05, 4.69) is 10.2 Å². The molecule has 20 heavy (non-hydrogen) atoms. The van der Waals surface area contributed by atoms with Gasteiger partial charge in [-0.25, -0.2) is 4.68 Å².